The number of rotatable bonds is 5. The van der Waals surface area contributed by atoms with Crippen molar-refractivity contribution in [1.82, 2.24) is 5.32 Å². The van der Waals surface area contributed by atoms with Crippen LogP contribution in [0.25, 0.3) is 0 Å². The molecular formula is C24H22Cl2N2O2. The van der Waals surface area contributed by atoms with Crippen LogP contribution in [0.4, 0.5) is 0 Å². The molecule has 1 heterocycles. The van der Waals surface area contributed by atoms with Crippen molar-refractivity contribution in [2.45, 2.75) is 25.6 Å². The molecule has 3 aromatic rings. The fraction of sp³-hybridized carbons (Fsp3) is 0.208. The fourth-order valence-corrected chi connectivity index (χ4v) is 4.02. The van der Waals surface area contributed by atoms with E-state index in [1.54, 1.807) is 18.2 Å². The molecule has 4 rings (SSSR count). The van der Waals surface area contributed by atoms with Crippen molar-refractivity contribution in [3.8, 4) is 11.5 Å². The number of aromatic hydroxyl groups is 1. The Labute approximate surface area is 186 Å². The first kappa shape index (κ1) is 20.7. The van der Waals surface area contributed by atoms with Crippen LogP contribution in [-0.4, -0.2) is 17.4 Å². The number of aliphatic imine (C=N–C) groups is 1. The maximum absolute atomic E-state index is 10.5. The van der Waals surface area contributed by atoms with Gasteiger partial charge in [-0.2, -0.15) is 0 Å². The molecule has 154 valence electrons. The van der Waals surface area contributed by atoms with Gasteiger partial charge in [-0.1, -0.05) is 35.3 Å². The van der Waals surface area contributed by atoms with Crippen LogP contribution >= 0.6 is 23.2 Å². The van der Waals surface area contributed by atoms with Gasteiger partial charge in [0.2, 0.25) is 0 Å². The van der Waals surface area contributed by atoms with Gasteiger partial charge in [0.25, 0.3) is 0 Å². The molecule has 1 aliphatic rings. The van der Waals surface area contributed by atoms with Crippen LogP contribution < -0.4 is 10.1 Å². The Kier molecular flexibility index (Phi) is 6.28. The summed E-state index contributed by atoms with van der Waals surface area (Å²) in [6, 6.07) is 20.5. The molecule has 0 bridgehead atoms. The second-order valence-corrected chi connectivity index (χ2v) is 7.99. The highest BCUT2D eigenvalue weighted by Crippen LogP contribution is 2.36. The van der Waals surface area contributed by atoms with E-state index in [-0.39, 0.29) is 18.0 Å². The third-order valence-electron chi connectivity index (χ3n) is 5.07. The van der Waals surface area contributed by atoms with E-state index in [9.17, 15) is 5.11 Å². The molecule has 0 saturated carbocycles. The molecular weight excluding hydrogens is 419 g/mol. The topological polar surface area (TPSA) is 53.8 Å². The number of benzene rings is 3. The molecule has 0 amide bonds. The lowest BCUT2D eigenvalue weighted by Crippen LogP contribution is -2.33. The Morgan fingerprint density at radius 1 is 1.03 bits per heavy atom. The highest BCUT2D eigenvalue weighted by Gasteiger charge is 2.28. The van der Waals surface area contributed by atoms with Gasteiger partial charge >= 0.3 is 0 Å². The Hall–Kier alpha value is -2.53. The molecule has 6 heteroatoms. The third kappa shape index (κ3) is 4.62. The second kappa shape index (κ2) is 9.09. The summed E-state index contributed by atoms with van der Waals surface area (Å²) in [5.41, 5.74) is 3.65. The van der Waals surface area contributed by atoms with E-state index in [0.29, 0.717) is 23.1 Å². The molecule has 1 aliphatic heterocycles. The number of halogens is 2. The van der Waals surface area contributed by atoms with Crippen molar-refractivity contribution in [1.29, 1.82) is 0 Å². The Morgan fingerprint density at radius 3 is 2.53 bits per heavy atom. The number of nitrogens with one attached hydrogen (secondary N) is 1. The van der Waals surface area contributed by atoms with Gasteiger partial charge in [-0.15, -0.1) is 0 Å². The van der Waals surface area contributed by atoms with E-state index in [1.807, 2.05) is 55.5 Å². The number of ether oxygens (including phenoxy) is 1. The minimum absolute atomic E-state index is 0.160. The lowest BCUT2D eigenvalue weighted by atomic mass is 9.93. The van der Waals surface area contributed by atoms with Gasteiger partial charge < -0.3 is 9.84 Å². The monoisotopic (exact) mass is 440 g/mol. The molecule has 0 aromatic heterocycles. The van der Waals surface area contributed by atoms with E-state index >= 15 is 0 Å². The highest BCUT2D eigenvalue weighted by molar-refractivity contribution is 6.31. The molecule has 0 spiro atoms. The highest BCUT2D eigenvalue weighted by atomic mass is 35.5. The van der Waals surface area contributed by atoms with Crippen LogP contribution in [0.15, 0.2) is 71.7 Å². The van der Waals surface area contributed by atoms with Crippen molar-refractivity contribution in [2.75, 3.05) is 6.61 Å². The smallest absolute Gasteiger partial charge is 0.126 e. The minimum Gasteiger partial charge on any atom is -0.508 e. The van der Waals surface area contributed by atoms with E-state index in [2.05, 4.69) is 5.32 Å². The summed E-state index contributed by atoms with van der Waals surface area (Å²) in [5, 5.41) is 15.2. The van der Waals surface area contributed by atoms with Gasteiger partial charge in [-0.05, 0) is 72.6 Å². The second-order valence-electron chi connectivity index (χ2n) is 7.12. The lowest BCUT2D eigenvalue weighted by molar-refractivity contribution is 0.340. The van der Waals surface area contributed by atoms with Gasteiger partial charge in [-0.3, -0.25) is 10.3 Å². The van der Waals surface area contributed by atoms with Gasteiger partial charge in [-0.25, -0.2) is 0 Å². The van der Waals surface area contributed by atoms with Gasteiger partial charge in [0.15, 0.2) is 0 Å². The average molecular weight is 441 g/mol. The third-order valence-corrected chi connectivity index (χ3v) is 5.54. The molecule has 0 saturated heterocycles. The Morgan fingerprint density at radius 2 is 1.80 bits per heavy atom. The van der Waals surface area contributed by atoms with Crippen LogP contribution in [0.1, 0.15) is 42.2 Å². The zero-order chi connectivity index (χ0) is 21.1. The number of phenols is 1. The SMILES string of the molecule is CCOc1ccc(C2=N[C@H](c3cccc(Cl)c3)N[C@H](c3cc(Cl)ccc3O)C2)cc1. The van der Waals surface area contributed by atoms with Crippen LogP contribution in [0, 0.1) is 0 Å². The van der Waals surface area contributed by atoms with E-state index < -0.39 is 0 Å². The van der Waals surface area contributed by atoms with Crippen molar-refractivity contribution >= 4 is 28.9 Å². The molecule has 3 aromatic carbocycles. The van der Waals surface area contributed by atoms with Crippen LogP contribution in [-0.2, 0) is 0 Å². The summed E-state index contributed by atoms with van der Waals surface area (Å²) in [6.45, 7) is 2.58. The molecule has 0 aliphatic carbocycles. The standard InChI is InChI=1S/C24H22Cl2N2O2/c1-2-30-19-9-6-15(7-10-19)21-14-22(20-13-18(26)8-11-23(20)29)28-24(27-21)16-4-3-5-17(25)12-16/h3-13,22,24,28-29H,2,14H2,1H3/t22-,24-/m0/s1. The summed E-state index contributed by atoms with van der Waals surface area (Å²) < 4.78 is 5.56. The number of phenolic OH excluding ortho intramolecular Hbond substituents is 1. The van der Waals surface area contributed by atoms with Crippen LogP contribution in [0.5, 0.6) is 11.5 Å². The fourth-order valence-electron chi connectivity index (χ4n) is 3.64. The van der Waals surface area contributed by atoms with Crippen LogP contribution in [0.2, 0.25) is 10.0 Å². The van der Waals surface area contributed by atoms with E-state index in [0.717, 1.165) is 28.2 Å². The number of hydrogen-bond donors (Lipinski definition) is 2. The summed E-state index contributed by atoms with van der Waals surface area (Å²) in [4.78, 5) is 4.96. The molecule has 30 heavy (non-hydrogen) atoms. The average Bonchev–Trinajstić information content (AvgIpc) is 2.76. The zero-order valence-electron chi connectivity index (χ0n) is 16.5. The summed E-state index contributed by atoms with van der Waals surface area (Å²) in [6.07, 6.45) is 0.307. The predicted molar refractivity (Wildman–Crippen MR) is 122 cm³/mol. The van der Waals surface area contributed by atoms with Crippen molar-refractivity contribution in [3.05, 3.63) is 93.5 Å². The molecule has 4 nitrogen and oxygen atoms in total. The largest absolute Gasteiger partial charge is 0.508 e. The normalized spacial score (nSPS) is 18.7. The first-order valence-corrected chi connectivity index (χ1v) is 10.6. The van der Waals surface area contributed by atoms with Gasteiger partial charge in [0.1, 0.15) is 17.7 Å². The minimum atomic E-state index is -0.303. The van der Waals surface area contributed by atoms with E-state index in [1.165, 1.54) is 0 Å². The Balaban J connectivity index is 1.73. The summed E-state index contributed by atoms with van der Waals surface area (Å²) in [5.74, 6) is 1.03. The molecule has 2 N–H and O–H groups in total. The van der Waals surface area contributed by atoms with E-state index in [4.69, 9.17) is 32.9 Å². The summed E-state index contributed by atoms with van der Waals surface area (Å²) in [7, 11) is 0. The zero-order valence-corrected chi connectivity index (χ0v) is 18.0. The number of nitrogens with zero attached hydrogens (tertiary/aromatic N) is 1. The summed E-state index contributed by atoms with van der Waals surface area (Å²) >= 11 is 12.4. The van der Waals surface area contributed by atoms with Crippen molar-refractivity contribution in [3.63, 3.8) is 0 Å². The van der Waals surface area contributed by atoms with Crippen LogP contribution in [0.3, 0.4) is 0 Å². The first-order valence-electron chi connectivity index (χ1n) is 9.83. The molecule has 0 unspecified atom stereocenters. The quantitative estimate of drug-likeness (QED) is 0.487. The van der Waals surface area contributed by atoms with Gasteiger partial charge in [0.05, 0.1) is 6.61 Å². The maximum Gasteiger partial charge on any atom is 0.126 e. The van der Waals surface area contributed by atoms with Crippen molar-refractivity contribution < 1.29 is 9.84 Å². The molecule has 0 fully saturated rings. The molecule has 0 radical (unpaired) electrons. The van der Waals surface area contributed by atoms with Crippen molar-refractivity contribution in [2.24, 2.45) is 4.99 Å². The predicted octanol–water partition coefficient (Wildman–Crippen LogP) is 6.32. The molecule has 2 atom stereocenters. The Bertz CT molecular complexity index is 1070. The first-order chi connectivity index (χ1) is 14.5. The lowest BCUT2D eigenvalue weighted by Gasteiger charge is -2.31. The maximum atomic E-state index is 10.5. The van der Waals surface area contributed by atoms with Gasteiger partial charge in [0, 0.05) is 33.8 Å². The number of hydrogen-bond acceptors (Lipinski definition) is 4.